The predicted molar refractivity (Wildman–Crippen MR) is 88.2 cm³/mol. The molecule has 1 atom stereocenters. The highest BCUT2D eigenvalue weighted by molar-refractivity contribution is 7.89. The summed E-state index contributed by atoms with van der Waals surface area (Å²) in [6.07, 6.45) is 0.242. The molecule has 0 spiro atoms. The molecule has 2 N–H and O–H groups in total. The van der Waals surface area contributed by atoms with Gasteiger partial charge in [0.1, 0.15) is 5.69 Å². The Bertz CT molecular complexity index is 762. The van der Waals surface area contributed by atoms with Crippen molar-refractivity contribution in [3.63, 3.8) is 0 Å². The Hall–Kier alpha value is -2.20. The number of nitro groups is 1. The number of amides is 1. The van der Waals surface area contributed by atoms with E-state index in [9.17, 15) is 23.3 Å². The summed E-state index contributed by atoms with van der Waals surface area (Å²) in [5.41, 5.74) is -0.153. The molecular weight excluding hydrogens is 336 g/mol. The minimum absolute atomic E-state index is 0.0143. The van der Waals surface area contributed by atoms with E-state index < -0.39 is 14.9 Å². The van der Waals surface area contributed by atoms with Crippen molar-refractivity contribution < 1.29 is 18.1 Å². The van der Waals surface area contributed by atoms with E-state index in [1.165, 1.54) is 19.2 Å². The summed E-state index contributed by atoms with van der Waals surface area (Å²) < 4.78 is 25.7. The fourth-order valence-electron chi connectivity index (χ4n) is 2.62. The number of nitro benzene ring substituents is 1. The van der Waals surface area contributed by atoms with E-state index in [1.807, 2.05) is 13.8 Å². The third-order valence-electron chi connectivity index (χ3n) is 3.89. The molecule has 1 amide bonds. The van der Waals surface area contributed by atoms with Crippen LogP contribution in [0.3, 0.4) is 0 Å². The second kappa shape index (κ2) is 6.73. The lowest BCUT2D eigenvalue weighted by Gasteiger charge is -2.21. The minimum atomic E-state index is -3.77. The number of sulfonamides is 1. The lowest BCUT2D eigenvalue weighted by Crippen LogP contribution is -2.33. The molecule has 0 aromatic heterocycles. The van der Waals surface area contributed by atoms with Crippen LogP contribution in [-0.2, 0) is 14.8 Å². The van der Waals surface area contributed by atoms with Gasteiger partial charge >= 0.3 is 0 Å². The number of likely N-dealkylation sites (tertiary alicyclic amines) is 1. The Kier molecular flexibility index (Phi) is 5.09. The highest BCUT2D eigenvalue weighted by Crippen LogP contribution is 2.29. The molecule has 24 heavy (non-hydrogen) atoms. The summed E-state index contributed by atoms with van der Waals surface area (Å²) in [7, 11) is -2.54. The van der Waals surface area contributed by atoms with Gasteiger partial charge in [-0.2, -0.15) is 0 Å². The molecule has 1 aromatic carbocycles. The van der Waals surface area contributed by atoms with E-state index in [1.54, 1.807) is 4.90 Å². The molecule has 0 unspecified atom stereocenters. The average molecular weight is 356 g/mol. The summed E-state index contributed by atoms with van der Waals surface area (Å²) >= 11 is 0. The van der Waals surface area contributed by atoms with E-state index in [-0.39, 0.29) is 40.7 Å². The molecule has 132 valence electrons. The lowest BCUT2D eigenvalue weighted by molar-refractivity contribution is -0.384. The Morgan fingerprint density at radius 2 is 2.04 bits per heavy atom. The number of rotatable bonds is 6. The monoisotopic (exact) mass is 356 g/mol. The summed E-state index contributed by atoms with van der Waals surface area (Å²) in [5.74, 6) is -0.0143. The molecule has 0 bridgehead atoms. The molecule has 1 aliphatic heterocycles. The van der Waals surface area contributed by atoms with Crippen molar-refractivity contribution in [2.75, 3.05) is 18.9 Å². The molecule has 0 saturated carbocycles. The molecule has 1 aliphatic rings. The predicted octanol–water partition coefficient (Wildman–Crippen LogP) is 0.924. The molecule has 0 aliphatic carbocycles. The summed E-state index contributed by atoms with van der Waals surface area (Å²) in [5, 5.41) is 14.3. The minimum Gasteiger partial charge on any atom is -0.374 e. The van der Waals surface area contributed by atoms with Gasteiger partial charge in [-0.3, -0.25) is 14.9 Å². The fraction of sp³-hybridized carbons (Fsp3) is 0.500. The van der Waals surface area contributed by atoms with Crippen molar-refractivity contribution in [1.82, 2.24) is 9.62 Å². The SMILES string of the molecule is CNS(=O)(=O)c1ccc(N[C@@H]2CC(=O)N(C(C)C)C2)c([N+](=O)[O-])c1. The van der Waals surface area contributed by atoms with Gasteiger partial charge in [0.15, 0.2) is 0 Å². The van der Waals surface area contributed by atoms with Gasteiger partial charge in [0.2, 0.25) is 15.9 Å². The van der Waals surface area contributed by atoms with Gasteiger partial charge < -0.3 is 10.2 Å². The van der Waals surface area contributed by atoms with Crippen LogP contribution >= 0.6 is 0 Å². The van der Waals surface area contributed by atoms with E-state index >= 15 is 0 Å². The maximum atomic E-state index is 11.9. The largest absolute Gasteiger partial charge is 0.374 e. The zero-order valence-corrected chi connectivity index (χ0v) is 14.5. The Morgan fingerprint density at radius 3 is 2.54 bits per heavy atom. The molecule has 1 fully saturated rings. The molecule has 1 saturated heterocycles. The second-order valence-corrected chi connectivity index (χ2v) is 7.72. The van der Waals surface area contributed by atoms with Crippen LogP contribution in [0.1, 0.15) is 20.3 Å². The first kappa shape index (κ1) is 18.1. The first-order valence-corrected chi connectivity index (χ1v) is 8.92. The van der Waals surface area contributed by atoms with Crippen LogP contribution in [0.4, 0.5) is 11.4 Å². The zero-order chi connectivity index (χ0) is 18.1. The van der Waals surface area contributed by atoms with E-state index in [4.69, 9.17) is 0 Å². The van der Waals surface area contributed by atoms with Crippen molar-refractivity contribution in [2.45, 2.75) is 37.2 Å². The number of hydrogen-bond acceptors (Lipinski definition) is 6. The van der Waals surface area contributed by atoms with Crippen LogP contribution in [0.25, 0.3) is 0 Å². The van der Waals surface area contributed by atoms with Crippen molar-refractivity contribution in [2.24, 2.45) is 0 Å². The number of nitrogens with zero attached hydrogens (tertiary/aromatic N) is 2. The number of hydrogen-bond donors (Lipinski definition) is 2. The molecule has 2 rings (SSSR count). The maximum absolute atomic E-state index is 11.9. The van der Waals surface area contributed by atoms with Crippen LogP contribution in [0.5, 0.6) is 0 Å². The molecular formula is C14H20N4O5S. The quantitative estimate of drug-likeness (QED) is 0.577. The van der Waals surface area contributed by atoms with Gasteiger partial charge in [-0.15, -0.1) is 0 Å². The van der Waals surface area contributed by atoms with Gasteiger partial charge in [-0.05, 0) is 33.0 Å². The smallest absolute Gasteiger partial charge is 0.293 e. The highest BCUT2D eigenvalue weighted by atomic mass is 32.2. The third kappa shape index (κ3) is 3.65. The topological polar surface area (TPSA) is 122 Å². The van der Waals surface area contributed by atoms with Crippen LogP contribution < -0.4 is 10.0 Å². The Labute approximate surface area is 140 Å². The van der Waals surface area contributed by atoms with Gasteiger partial charge in [0, 0.05) is 25.1 Å². The van der Waals surface area contributed by atoms with Crippen LogP contribution in [0.2, 0.25) is 0 Å². The number of nitrogens with one attached hydrogen (secondary N) is 2. The lowest BCUT2D eigenvalue weighted by atomic mass is 10.2. The number of carbonyl (C=O) groups excluding carboxylic acids is 1. The van der Waals surface area contributed by atoms with Crippen molar-refractivity contribution >= 4 is 27.3 Å². The second-order valence-electron chi connectivity index (χ2n) is 5.83. The number of carbonyl (C=O) groups is 1. The molecule has 9 nitrogen and oxygen atoms in total. The van der Waals surface area contributed by atoms with Crippen molar-refractivity contribution in [3.05, 3.63) is 28.3 Å². The van der Waals surface area contributed by atoms with Crippen molar-refractivity contribution in [3.8, 4) is 0 Å². The maximum Gasteiger partial charge on any atom is 0.293 e. The molecule has 1 heterocycles. The van der Waals surface area contributed by atoms with E-state index in [0.29, 0.717) is 6.54 Å². The third-order valence-corrected chi connectivity index (χ3v) is 5.30. The summed E-state index contributed by atoms with van der Waals surface area (Å²) in [6.45, 7) is 4.25. The Balaban J connectivity index is 2.28. The van der Waals surface area contributed by atoms with Gasteiger partial charge in [0.25, 0.3) is 5.69 Å². The fourth-order valence-corrected chi connectivity index (χ4v) is 3.37. The summed E-state index contributed by atoms with van der Waals surface area (Å²) in [6, 6.07) is 3.45. The first-order valence-electron chi connectivity index (χ1n) is 7.43. The average Bonchev–Trinajstić information content (AvgIpc) is 2.88. The van der Waals surface area contributed by atoms with Gasteiger partial charge in [0.05, 0.1) is 15.9 Å². The zero-order valence-electron chi connectivity index (χ0n) is 13.6. The molecule has 10 heteroatoms. The van der Waals surface area contributed by atoms with Crippen LogP contribution in [0, 0.1) is 10.1 Å². The molecule has 0 radical (unpaired) electrons. The highest BCUT2D eigenvalue weighted by Gasteiger charge is 2.32. The van der Waals surface area contributed by atoms with E-state index in [2.05, 4.69) is 10.0 Å². The summed E-state index contributed by atoms with van der Waals surface area (Å²) in [4.78, 5) is 24.1. The van der Waals surface area contributed by atoms with Crippen LogP contribution in [-0.4, -0.2) is 49.8 Å². The number of benzene rings is 1. The van der Waals surface area contributed by atoms with Gasteiger partial charge in [-0.25, -0.2) is 13.1 Å². The standard InChI is InChI=1S/C14H20N4O5S/c1-9(2)17-8-10(6-14(17)19)16-12-5-4-11(24(22,23)15-3)7-13(12)18(20)21/h4-5,7,9-10,15-16H,6,8H2,1-3H3/t10-/m1/s1. The first-order chi connectivity index (χ1) is 11.2. The van der Waals surface area contributed by atoms with E-state index in [0.717, 1.165) is 6.07 Å². The van der Waals surface area contributed by atoms with Crippen molar-refractivity contribution in [1.29, 1.82) is 0 Å². The van der Waals surface area contributed by atoms with Crippen LogP contribution in [0.15, 0.2) is 23.1 Å². The number of anilines is 1. The molecule has 1 aromatic rings. The van der Waals surface area contributed by atoms with Gasteiger partial charge in [-0.1, -0.05) is 0 Å². The normalized spacial score (nSPS) is 18.2. The Morgan fingerprint density at radius 1 is 1.38 bits per heavy atom.